The van der Waals surface area contributed by atoms with Crippen molar-refractivity contribution in [2.75, 3.05) is 51.3 Å². The number of hydrogen-bond acceptors (Lipinski definition) is 6. The van der Waals surface area contributed by atoms with Crippen molar-refractivity contribution in [1.82, 2.24) is 14.8 Å². The number of benzene rings is 1. The number of aromatic nitrogens is 1. The first-order valence-electron chi connectivity index (χ1n) is 10.5. The van der Waals surface area contributed by atoms with E-state index in [4.69, 9.17) is 9.72 Å². The Morgan fingerprint density at radius 1 is 1.14 bits per heavy atom. The lowest BCUT2D eigenvalue weighted by atomic mass is 9.99. The fourth-order valence-electron chi connectivity index (χ4n) is 4.06. The lowest BCUT2D eigenvalue weighted by molar-refractivity contribution is 0.0743. The van der Waals surface area contributed by atoms with Crippen molar-refractivity contribution in [2.24, 2.45) is 5.92 Å². The van der Waals surface area contributed by atoms with E-state index in [1.54, 1.807) is 18.4 Å². The summed E-state index contributed by atoms with van der Waals surface area (Å²) in [6.07, 6.45) is 2.58. The molecule has 0 N–H and O–H groups in total. The molecular formula is C22H30N4O2S. The molecule has 0 unspecified atom stereocenters. The average Bonchev–Trinajstić information content (AvgIpc) is 3.23. The molecule has 2 aliphatic rings. The van der Waals surface area contributed by atoms with Gasteiger partial charge >= 0.3 is 0 Å². The first-order chi connectivity index (χ1) is 14.1. The Balaban J connectivity index is 1.32. The molecule has 3 heterocycles. The van der Waals surface area contributed by atoms with Crippen molar-refractivity contribution in [1.29, 1.82) is 0 Å². The lowest BCUT2D eigenvalue weighted by Gasteiger charge is -2.34. The molecule has 1 aromatic heterocycles. The van der Waals surface area contributed by atoms with E-state index >= 15 is 0 Å². The van der Waals surface area contributed by atoms with Crippen molar-refractivity contribution in [3.8, 4) is 5.75 Å². The minimum Gasteiger partial charge on any atom is -0.496 e. The van der Waals surface area contributed by atoms with Crippen LogP contribution in [0.4, 0.5) is 5.13 Å². The lowest BCUT2D eigenvalue weighted by Crippen LogP contribution is -2.48. The highest BCUT2D eigenvalue weighted by Crippen LogP contribution is 2.25. The Morgan fingerprint density at radius 2 is 1.86 bits per heavy atom. The summed E-state index contributed by atoms with van der Waals surface area (Å²) in [5, 5.41) is 3.27. The number of thiazole rings is 1. The number of anilines is 1. The molecule has 29 heavy (non-hydrogen) atoms. The van der Waals surface area contributed by atoms with Crippen LogP contribution in [-0.2, 0) is 6.54 Å². The Bertz CT molecular complexity index is 824. The second-order valence-electron chi connectivity index (χ2n) is 8.06. The van der Waals surface area contributed by atoms with Crippen LogP contribution < -0.4 is 9.64 Å². The van der Waals surface area contributed by atoms with Crippen LogP contribution in [0.1, 0.15) is 35.8 Å². The number of rotatable bonds is 5. The maximum absolute atomic E-state index is 12.9. The maximum atomic E-state index is 12.9. The SMILES string of the molecule is COc1ccccc1C(=O)N1CCN(c2nc(CN3CCC(C)CC3)cs2)CC1. The molecule has 2 aromatic rings. The largest absolute Gasteiger partial charge is 0.496 e. The number of para-hydroxylation sites is 1. The van der Waals surface area contributed by atoms with Crippen molar-refractivity contribution < 1.29 is 9.53 Å². The van der Waals surface area contributed by atoms with E-state index < -0.39 is 0 Å². The van der Waals surface area contributed by atoms with Crippen molar-refractivity contribution in [3.05, 3.63) is 40.9 Å². The van der Waals surface area contributed by atoms with Crippen molar-refractivity contribution in [2.45, 2.75) is 26.3 Å². The van der Waals surface area contributed by atoms with E-state index in [2.05, 4.69) is 22.1 Å². The van der Waals surface area contributed by atoms with Gasteiger partial charge in [0.15, 0.2) is 5.13 Å². The highest BCUT2D eigenvalue weighted by molar-refractivity contribution is 7.13. The number of carbonyl (C=O) groups is 1. The summed E-state index contributed by atoms with van der Waals surface area (Å²) in [6, 6.07) is 7.44. The van der Waals surface area contributed by atoms with Crippen LogP contribution in [-0.4, -0.2) is 67.1 Å². The summed E-state index contributed by atoms with van der Waals surface area (Å²) in [7, 11) is 1.61. The molecule has 6 nitrogen and oxygen atoms in total. The minimum atomic E-state index is 0.0428. The van der Waals surface area contributed by atoms with Gasteiger partial charge in [-0.15, -0.1) is 11.3 Å². The molecule has 0 aliphatic carbocycles. The number of likely N-dealkylation sites (tertiary alicyclic amines) is 1. The highest BCUT2D eigenvalue weighted by atomic mass is 32.1. The molecule has 1 aromatic carbocycles. The molecule has 0 radical (unpaired) electrons. The predicted molar refractivity (Wildman–Crippen MR) is 117 cm³/mol. The van der Waals surface area contributed by atoms with Gasteiger partial charge in [0.1, 0.15) is 5.75 Å². The summed E-state index contributed by atoms with van der Waals surface area (Å²) in [5.41, 5.74) is 1.81. The second-order valence-corrected chi connectivity index (χ2v) is 8.90. The number of carbonyl (C=O) groups excluding carboxylic acids is 1. The van der Waals surface area contributed by atoms with E-state index in [0.717, 1.165) is 30.7 Å². The minimum absolute atomic E-state index is 0.0428. The molecule has 2 saturated heterocycles. The third-order valence-corrected chi connectivity index (χ3v) is 6.93. The van der Waals surface area contributed by atoms with Crippen LogP contribution in [0, 0.1) is 5.92 Å². The van der Waals surface area contributed by atoms with Gasteiger partial charge in [-0.25, -0.2) is 4.98 Å². The monoisotopic (exact) mass is 414 g/mol. The topological polar surface area (TPSA) is 48.9 Å². The van der Waals surface area contributed by atoms with Gasteiger partial charge in [-0.2, -0.15) is 0 Å². The van der Waals surface area contributed by atoms with Crippen molar-refractivity contribution in [3.63, 3.8) is 0 Å². The first kappa shape index (κ1) is 20.2. The van der Waals surface area contributed by atoms with Crippen LogP contribution in [0.25, 0.3) is 0 Å². The van der Waals surface area contributed by atoms with Crippen LogP contribution in [0.3, 0.4) is 0 Å². The Labute approximate surface area is 177 Å². The highest BCUT2D eigenvalue weighted by Gasteiger charge is 2.25. The number of amides is 1. The van der Waals surface area contributed by atoms with E-state index in [0.29, 0.717) is 24.4 Å². The molecule has 0 saturated carbocycles. The molecular weight excluding hydrogens is 384 g/mol. The Morgan fingerprint density at radius 3 is 2.59 bits per heavy atom. The summed E-state index contributed by atoms with van der Waals surface area (Å²) in [4.78, 5) is 24.5. The molecule has 156 valence electrons. The summed E-state index contributed by atoms with van der Waals surface area (Å²) in [6.45, 7) is 8.69. The number of methoxy groups -OCH3 is 1. The zero-order valence-electron chi connectivity index (χ0n) is 17.3. The van der Waals surface area contributed by atoms with Gasteiger partial charge in [0.25, 0.3) is 5.91 Å². The number of ether oxygens (including phenoxy) is 1. The van der Waals surface area contributed by atoms with Gasteiger partial charge in [-0.05, 0) is 44.0 Å². The van der Waals surface area contributed by atoms with Crippen LogP contribution in [0.2, 0.25) is 0 Å². The number of piperazine rings is 1. The van der Waals surface area contributed by atoms with Crippen molar-refractivity contribution >= 4 is 22.4 Å². The van der Waals surface area contributed by atoms with Crippen LogP contribution >= 0.6 is 11.3 Å². The molecule has 1 amide bonds. The molecule has 4 rings (SSSR count). The number of piperidine rings is 1. The van der Waals surface area contributed by atoms with Gasteiger partial charge in [-0.1, -0.05) is 19.1 Å². The van der Waals surface area contributed by atoms with Crippen LogP contribution in [0.15, 0.2) is 29.6 Å². The molecule has 0 bridgehead atoms. The fraction of sp³-hybridized carbons (Fsp3) is 0.545. The zero-order valence-corrected chi connectivity index (χ0v) is 18.2. The first-order valence-corrected chi connectivity index (χ1v) is 11.4. The smallest absolute Gasteiger partial charge is 0.257 e. The maximum Gasteiger partial charge on any atom is 0.257 e. The molecule has 2 fully saturated rings. The quantitative estimate of drug-likeness (QED) is 0.751. The Kier molecular flexibility index (Phi) is 6.35. The van der Waals surface area contributed by atoms with E-state index in [9.17, 15) is 4.79 Å². The van der Waals surface area contributed by atoms with E-state index in [1.807, 2.05) is 29.2 Å². The standard InChI is InChI=1S/C22H30N4O2S/c1-17-7-9-24(10-8-17)15-18-16-29-22(23-18)26-13-11-25(12-14-26)21(27)19-5-3-4-6-20(19)28-2/h3-6,16-17H,7-15H2,1-2H3. The number of hydrogen-bond donors (Lipinski definition) is 0. The second kappa shape index (κ2) is 9.13. The molecule has 2 aliphatic heterocycles. The average molecular weight is 415 g/mol. The van der Waals surface area contributed by atoms with E-state index in [1.165, 1.54) is 31.6 Å². The normalized spacial score (nSPS) is 18.8. The third-order valence-electron chi connectivity index (χ3n) is 5.98. The molecule has 0 spiro atoms. The third kappa shape index (κ3) is 4.73. The van der Waals surface area contributed by atoms with E-state index in [-0.39, 0.29) is 5.91 Å². The van der Waals surface area contributed by atoms with Gasteiger partial charge < -0.3 is 14.5 Å². The van der Waals surface area contributed by atoms with Gasteiger partial charge in [0, 0.05) is 38.1 Å². The zero-order chi connectivity index (χ0) is 20.2. The predicted octanol–water partition coefficient (Wildman–Crippen LogP) is 3.35. The van der Waals surface area contributed by atoms with Gasteiger partial charge in [0.05, 0.1) is 18.4 Å². The van der Waals surface area contributed by atoms with Crippen LogP contribution in [0.5, 0.6) is 5.75 Å². The summed E-state index contributed by atoms with van der Waals surface area (Å²) in [5.74, 6) is 1.53. The van der Waals surface area contributed by atoms with Gasteiger partial charge in [0.2, 0.25) is 0 Å². The van der Waals surface area contributed by atoms with Gasteiger partial charge in [-0.3, -0.25) is 9.69 Å². The summed E-state index contributed by atoms with van der Waals surface area (Å²) >= 11 is 1.72. The number of nitrogens with zero attached hydrogens (tertiary/aromatic N) is 4. The molecule has 0 atom stereocenters. The molecule has 7 heteroatoms. The fourth-order valence-corrected chi connectivity index (χ4v) is 4.93. The Hall–Kier alpha value is -2.12. The summed E-state index contributed by atoms with van der Waals surface area (Å²) < 4.78 is 5.35.